The third-order valence-electron chi connectivity index (χ3n) is 12.3. The lowest BCUT2D eigenvalue weighted by Crippen LogP contribution is -1.93. The van der Waals surface area contributed by atoms with Gasteiger partial charge in [0.1, 0.15) is 0 Å². The standard InChI is InChI=1S/3C18H36O2.C4H10/c3*1-17(2)15-13-11-9-7-5-3-4-6-8-10-12-14-16-18(19)20;1-3-4-2/h3*17H,3-16H2,1-2H3,(H,19,20);3-4H2,1-2H3. The Balaban J connectivity index is -0.000000404. The zero-order valence-corrected chi connectivity index (χ0v) is 44.9. The van der Waals surface area contributed by atoms with Gasteiger partial charge in [0.2, 0.25) is 0 Å². The normalized spacial score (nSPS) is 10.9. The highest BCUT2D eigenvalue weighted by molar-refractivity contribution is 5.67. The number of hydrogen-bond acceptors (Lipinski definition) is 3. The summed E-state index contributed by atoms with van der Waals surface area (Å²) in [5.74, 6) is 0.636. The van der Waals surface area contributed by atoms with Crippen LogP contribution in [0.2, 0.25) is 0 Å². The average Bonchev–Trinajstić information content (AvgIpc) is 3.24. The molecular formula is C58H118O6. The quantitative estimate of drug-likeness (QED) is 0.0525. The molecular weight excluding hydrogens is 793 g/mol. The first-order valence-electron chi connectivity index (χ1n) is 28.4. The van der Waals surface area contributed by atoms with Crippen molar-refractivity contribution in [1.29, 1.82) is 0 Å². The molecule has 6 nitrogen and oxygen atoms in total. The molecule has 0 aliphatic rings. The third kappa shape index (κ3) is 83.9. The van der Waals surface area contributed by atoms with Crippen LogP contribution in [-0.4, -0.2) is 33.2 Å². The Bertz CT molecular complexity index is 773. The number of carboxylic acid groups (broad SMARTS) is 3. The summed E-state index contributed by atoms with van der Waals surface area (Å²) in [5.41, 5.74) is 0. The molecule has 0 aliphatic carbocycles. The highest BCUT2D eigenvalue weighted by Gasteiger charge is 2.01. The summed E-state index contributed by atoms with van der Waals surface area (Å²) in [4.78, 5) is 31.0. The molecule has 0 aromatic carbocycles. The molecule has 0 rings (SSSR count). The molecule has 0 aromatic rings. The van der Waals surface area contributed by atoms with E-state index in [-0.39, 0.29) is 0 Å². The van der Waals surface area contributed by atoms with E-state index in [1.165, 1.54) is 225 Å². The van der Waals surface area contributed by atoms with Gasteiger partial charge in [0.25, 0.3) is 0 Å². The SMILES string of the molecule is CC(C)CCCCCCCCCCCCCCC(=O)O.CC(C)CCCCCCCCCCCCCCC(=O)O.CC(C)CCCCCCCCCCCCCCC(=O)O.CCCC. The van der Waals surface area contributed by atoms with Crippen molar-refractivity contribution in [3.8, 4) is 0 Å². The summed E-state index contributed by atoms with van der Waals surface area (Å²) >= 11 is 0. The highest BCUT2D eigenvalue weighted by Crippen LogP contribution is 2.17. The van der Waals surface area contributed by atoms with Crippen LogP contribution in [0.1, 0.15) is 338 Å². The van der Waals surface area contributed by atoms with Crippen LogP contribution in [0.5, 0.6) is 0 Å². The van der Waals surface area contributed by atoms with E-state index in [1.807, 2.05) is 0 Å². The summed E-state index contributed by atoms with van der Waals surface area (Å²) < 4.78 is 0. The van der Waals surface area contributed by atoms with Gasteiger partial charge < -0.3 is 15.3 Å². The summed E-state index contributed by atoms with van der Waals surface area (Å²) in [7, 11) is 0. The highest BCUT2D eigenvalue weighted by atomic mass is 16.4. The van der Waals surface area contributed by atoms with Gasteiger partial charge in [0.15, 0.2) is 0 Å². The van der Waals surface area contributed by atoms with Gasteiger partial charge in [-0.05, 0) is 37.0 Å². The molecule has 0 fully saturated rings. The Hall–Kier alpha value is -1.59. The van der Waals surface area contributed by atoms with Gasteiger partial charge in [-0.25, -0.2) is 0 Å². The van der Waals surface area contributed by atoms with Crippen LogP contribution in [0.25, 0.3) is 0 Å². The molecule has 0 spiro atoms. The van der Waals surface area contributed by atoms with Crippen molar-refractivity contribution < 1.29 is 29.7 Å². The predicted molar refractivity (Wildman–Crippen MR) is 282 cm³/mol. The molecule has 0 saturated carbocycles. The number of aliphatic carboxylic acids is 3. The zero-order valence-electron chi connectivity index (χ0n) is 44.9. The van der Waals surface area contributed by atoms with Crippen LogP contribution in [-0.2, 0) is 14.4 Å². The minimum atomic E-state index is -0.654. The molecule has 0 radical (unpaired) electrons. The Morgan fingerprint density at radius 3 is 0.484 bits per heavy atom. The van der Waals surface area contributed by atoms with Crippen LogP contribution in [0, 0.1) is 17.8 Å². The van der Waals surface area contributed by atoms with Gasteiger partial charge in [-0.15, -0.1) is 0 Å². The number of hydrogen-bond donors (Lipinski definition) is 3. The first-order valence-corrected chi connectivity index (χ1v) is 28.4. The van der Waals surface area contributed by atoms with Crippen molar-refractivity contribution in [3.05, 3.63) is 0 Å². The van der Waals surface area contributed by atoms with Crippen LogP contribution in [0.3, 0.4) is 0 Å². The van der Waals surface area contributed by atoms with Crippen molar-refractivity contribution >= 4 is 17.9 Å². The van der Waals surface area contributed by atoms with Crippen molar-refractivity contribution in [2.24, 2.45) is 17.8 Å². The van der Waals surface area contributed by atoms with E-state index in [0.29, 0.717) is 19.3 Å². The van der Waals surface area contributed by atoms with Gasteiger partial charge in [-0.2, -0.15) is 0 Å². The molecule has 3 N–H and O–H groups in total. The molecule has 0 saturated heterocycles. The number of unbranched alkanes of at least 4 members (excludes halogenated alkanes) is 34. The Morgan fingerprint density at radius 2 is 0.375 bits per heavy atom. The zero-order chi connectivity index (χ0) is 48.6. The minimum absolute atomic E-state index is 0.344. The maximum Gasteiger partial charge on any atom is 0.303 e. The van der Waals surface area contributed by atoms with Gasteiger partial charge >= 0.3 is 17.9 Å². The summed E-state index contributed by atoms with van der Waals surface area (Å²) in [6.07, 6.45) is 54.6. The van der Waals surface area contributed by atoms with Crippen LogP contribution in [0.4, 0.5) is 0 Å². The monoisotopic (exact) mass is 911 g/mol. The number of rotatable bonds is 46. The lowest BCUT2D eigenvalue weighted by molar-refractivity contribution is -0.138. The van der Waals surface area contributed by atoms with E-state index in [1.54, 1.807) is 0 Å². The molecule has 386 valence electrons. The molecule has 0 heterocycles. The van der Waals surface area contributed by atoms with Gasteiger partial charge in [-0.1, -0.05) is 299 Å². The van der Waals surface area contributed by atoms with Crippen molar-refractivity contribution in [2.45, 2.75) is 338 Å². The second kappa shape index (κ2) is 61.4. The first-order chi connectivity index (χ1) is 30.8. The average molecular weight is 912 g/mol. The van der Waals surface area contributed by atoms with E-state index < -0.39 is 17.9 Å². The Kier molecular flexibility index (Phi) is 66.2. The smallest absolute Gasteiger partial charge is 0.303 e. The van der Waals surface area contributed by atoms with Gasteiger partial charge in [0.05, 0.1) is 0 Å². The fraction of sp³-hybridized carbons (Fsp3) is 0.948. The van der Waals surface area contributed by atoms with E-state index in [4.69, 9.17) is 15.3 Å². The molecule has 0 atom stereocenters. The molecule has 0 unspecified atom stereocenters. The Morgan fingerprint density at radius 1 is 0.250 bits per heavy atom. The molecule has 0 bridgehead atoms. The number of carboxylic acids is 3. The molecule has 0 amide bonds. The van der Waals surface area contributed by atoms with Crippen LogP contribution < -0.4 is 0 Å². The lowest BCUT2D eigenvalue weighted by Gasteiger charge is -2.04. The summed E-state index contributed by atoms with van der Waals surface area (Å²) in [5, 5.41) is 25.6. The minimum Gasteiger partial charge on any atom is -0.481 e. The topological polar surface area (TPSA) is 112 Å². The maximum absolute atomic E-state index is 10.3. The van der Waals surface area contributed by atoms with E-state index >= 15 is 0 Å². The first kappa shape index (κ1) is 69.0. The fourth-order valence-corrected chi connectivity index (χ4v) is 7.79. The molecule has 64 heavy (non-hydrogen) atoms. The van der Waals surface area contributed by atoms with Crippen molar-refractivity contribution in [1.82, 2.24) is 0 Å². The van der Waals surface area contributed by atoms with E-state index in [9.17, 15) is 14.4 Å². The van der Waals surface area contributed by atoms with Crippen molar-refractivity contribution in [3.63, 3.8) is 0 Å². The van der Waals surface area contributed by atoms with Gasteiger partial charge in [0, 0.05) is 19.3 Å². The summed E-state index contributed by atoms with van der Waals surface area (Å²) in [6, 6.07) is 0. The van der Waals surface area contributed by atoms with Crippen molar-refractivity contribution in [2.75, 3.05) is 0 Å². The second-order valence-corrected chi connectivity index (χ2v) is 20.7. The van der Waals surface area contributed by atoms with E-state index in [2.05, 4.69) is 55.4 Å². The number of carbonyl (C=O) groups is 3. The molecule has 0 aliphatic heterocycles. The predicted octanol–water partition coefficient (Wildman–Crippen LogP) is 20.4. The maximum atomic E-state index is 10.3. The third-order valence-corrected chi connectivity index (χ3v) is 12.3. The molecule has 6 heteroatoms. The fourth-order valence-electron chi connectivity index (χ4n) is 7.79. The van der Waals surface area contributed by atoms with E-state index in [0.717, 1.165) is 56.3 Å². The molecule has 0 aromatic heterocycles. The summed E-state index contributed by atoms with van der Waals surface area (Å²) in [6.45, 7) is 18.2. The largest absolute Gasteiger partial charge is 0.481 e. The Labute approximate surface area is 401 Å². The van der Waals surface area contributed by atoms with Crippen LogP contribution in [0.15, 0.2) is 0 Å². The van der Waals surface area contributed by atoms with Gasteiger partial charge in [-0.3, -0.25) is 14.4 Å². The lowest BCUT2D eigenvalue weighted by atomic mass is 10.0. The van der Waals surface area contributed by atoms with Crippen LogP contribution >= 0.6 is 0 Å². The second-order valence-electron chi connectivity index (χ2n) is 20.7.